The van der Waals surface area contributed by atoms with E-state index in [1.807, 2.05) is 13.8 Å². The van der Waals surface area contributed by atoms with Crippen molar-refractivity contribution >= 4 is 26.2 Å². The van der Waals surface area contributed by atoms with Crippen LogP contribution in [0.15, 0.2) is 0 Å². The van der Waals surface area contributed by atoms with Crippen LogP contribution in [0.3, 0.4) is 0 Å². The Kier molecular flexibility index (Phi) is 8.18. The predicted octanol–water partition coefficient (Wildman–Crippen LogP) is 3.11. The normalized spacial score (nSPS) is 16.9. The summed E-state index contributed by atoms with van der Waals surface area (Å²) in [6.45, 7) is 17.1. The van der Waals surface area contributed by atoms with Crippen molar-refractivity contribution in [3.63, 3.8) is 0 Å². The quantitative estimate of drug-likeness (QED) is 0.554. The van der Waals surface area contributed by atoms with Gasteiger partial charge in [-0.1, -0.05) is 6.92 Å². The van der Waals surface area contributed by atoms with Gasteiger partial charge in [0.25, 0.3) is 0 Å². The maximum Gasteiger partial charge on any atom is 0.531 e. The highest BCUT2D eigenvalue weighted by molar-refractivity contribution is 6.76. The van der Waals surface area contributed by atoms with Crippen LogP contribution in [0.1, 0.15) is 34.1 Å². The summed E-state index contributed by atoms with van der Waals surface area (Å²) in [7, 11) is -1.44. The monoisotopic (exact) mass is 368 g/mol. The molecular weight excluding hydrogens is 332 g/mol. The lowest BCUT2D eigenvalue weighted by Crippen LogP contribution is -2.69. The molecule has 0 heterocycles. The molecule has 1 atom stereocenters. The van der Waals surface area contributed by atoms with Crippen LogP contribution in [0, 0.1) is 0 Å². The summed E-state index contributed by atoms with van der Waals surface area (Å²) in [5.41, 5.74) is 0. The van der Waals surface area contributed by atoms with Crippen LogP contribution in [0.2, 0.25) is 26.2 Å². The highest BCUT2D eigenvalue weighted by atomic mass is 28.4. The Morgan fingerprint density at radius 2 is 1.32 bits per heavy atom. The topological polar surface area (TPSA) is 46.2 Å². The Labute approximate surface area is 140 Å². The third kappa shape index (κ3) is 4.50. The average molecular weight is 369 g/mol. The summed E-state index contributed by atoms with van der Waals surface area (Å²) >= 11 is 0. The van der Waals surface area contributed by atoms with Crippen LogP contribution < -0.4 is 0 Å². The van der Waals surface area contributed by atoms with Crippen LogP contribution in [-0.4, -0.2) is 57.9 Å². The van der Waals surface area contributed by atoms with Crippen LogP contribution in [-0.2, 0) is 22.1 Å². The molecule has 0 amide bonds. The van der Waals surface area contributed by atoms with Crippen LogP contribution in [0.5, 0.6) is 0 Å². The highest BCUT2D eigenvalue weighted by Gasteiger charge is 2.59. The maximum absolute atomic E-state index is 6.64. The van der Waals surface area contributed by atoms with E-state index in [1.54, 1.807) is 21.3 Å². The van der Waals surface area contributed by atoms with Crippen molar-refractivity contribution in [2.75, 3.05) is 21.3 Å². The number of hydrogen-bond acceptors (Lipinski definition) is 5. The highest BCUT2D eigenvalue weighted by Crippen LogP contribution is 2.37. The van der Waals surface area contributed by atoms with E-state index in [4.69, 9.17) is 22.1 Å². The number of hydrogen-bond donors (Lipinski definition) is 0. The summed E-state index contributed by atoms with van der Waals surface area (Å²) in [4.78, 5) is 0. The first-order chi connectivity index (χ1) is 9.87. The SMILES string of the molecule is CCC(C)(O[SiH](C)C)[Si](C)(C)OC(C)(C)[Si](OC)(OC)OC. The fourth-order valence-electron chi connectivity index (χ4n) is 2.97. The van der Waals surface area contributed by atoms with Gasteiger partial charge in [0.15, 0.2) is 9.04 Å². The summed E-state index contributed by atoms with van der Waals surface area (Å²) in [6, 6.07) is 0. The zero-order valence-corrected chi connectivity index (χ0v) is 19.5. The zero-order chi connectivity index (χ0) is 17.8. The van der Waals surface area contributed by atoms with Gasteiger partial charge in [-0.2, -0.15) is 0 Å². The van der Waals surface area contributed by atoms with Gasteiger partial charge in [-0.05, 0) is 53.4 Å². The Balaban J connectivity index is 5.55. The van der Waals surface area contributed by atoms with Crippen molar-refractivity contribution < 1.29 is 22.1 Å². The van der Waals surface area contributed by atoms with E-state index in [9.17, 15) is 0 Å². The first kappa shape index (κ1) is 22.5. The van der Waals surface area contributed by atoms with E-state index in [1.165, 1.54) is 0 Å². The lowest BCUT2D eigenvalue weighted by atomic mass is 10.3. The molecule has 0 aromatic heterocycles. The van der Waals surface area contributed by atoms with E-state index in [-0.39, 0.29) is 5.22 Å². The molecule has 0 radical (unpaired) electrons. The molecule has 0 N–H and O–H groups in total. The van der Waals surface area contributed by atoms with Gasteiger partial charge in [0.1, 0.15) is 5.22 Å². The third-order valence-electron chi connectivity index (χ3n) is 4.50. The van der Waals surface area contributed by atoms with E-state index in [2.05, 4.69) is 40.0 Å². The summed E-state index contributed by atoms with van der Waals surface area (Å²) in [5, 5.41) is -0.876. The van der Waals surface area contributed by atoms with Crippen molar-refractivity contribution in [1.82, 2.24) is 0 Å². The predicted molar refractivity (Wildman–Crippen MR) is 98.1 cm³/mol. The molecule has 134 valence electrons. The van der Waals surface area contributed by atoms with Gasteiger partial charge < -0.3 is 22.1 Å². The third-order valence-corrected chi connectivity index (χ3v) is 13.2. The summed E-state index contributed by atoms with van der Waals surface area (Å²) in [6.07, 6.45) is 0.926. The largest absolute Gasteiger partial charge is 0.531 e. The summed E-state index contributed by atoms with van der Waals surface area (Å²) in [5.74, 6) is 0. The lowest BCUT2D eigenvalue weighted by Gasteiger charge is -2.49. The second-order valence-electron chi connectivity index (χ2n) is 7.04. The standard InChI is InChI=1S/C14H36O5Si3/c1-12-14(4,18-20(8)9)21(10,11)19-13(2,3)22(15-5,16-6)17-7/h20H,12H2,1-11H3. The van der Waals surface area contributed by atoms with Crippen LogP contribution in [0.4, 0.5) is 0 Å². The molecule has 0 saturated heterocycles. The van der Waals surface area contributed by atoms with Gasteiger partial charge in [-0.15, -0.1) is 0 Å². The smallest absolute Gasteiger partial charge is 0.415 e. The molecule has 0 aliphatic carbocycles. The van der Waals surface area contributed by atoms with E-state index >= 15 is 0 Å². The van der Waals surface area contributed by atoms with Crippen molar-refractivity contribution in [1.29, 1.82) is 0 Å². The minimum Gasteiger partial charge on any atom is -0.415 e. The fourth-order valence-corrected chi connectivity index (χ4v) is 11.6. The molecule has 0 aliphatic rings. The molecule has 8 heteroatoms. The first-order valence-electron chi connectivity index (χ1n) is 7.90. The average Bonchev–Trinajstić information content (AvgIpc) is 2.38. The Bertz CT molecular complexity index is 337. The van der Waals surface area contributed by atoms with E-state index in [0.717, 1.165) is 6.42 Å². The Morgan fingerprint density at radius 3 is 1.59 bits per heavy atom. The molecule has 0 aromatic carbocycles. The summed E-state index contributed by atoms with van der Waals surface area (Å²) < 4.78 is 29.9. The molecule has 0 spiro atoms. The van der Waals surface area contributed by atoms with E-state index in [0.29, 0.717) is 0 Å². The molecule has 0 bridgehead atoms. The molecule has 0 fully saturated rings. The second kappa shape index (κ2) is 8.02. The van der Waals surface area contributed by atoms with E-state index < -0.39 is 31.4 Å². The van der Waals surface area contributed by atoms with Gasteiger partial charge in [0.05, 0.1) is 5.22 Å². The molecule has 5 nitrogen and oxygen atoms in total. The van der Waals surface area contributed by atoms with Gasteiger partial charge in [0.2, 0.25) is 8.32 Å². The van der Waals surface area contributed by atoms with Gasteiger partial charge in [-0.3, -0.25) is 0 Å². The molecule has 22 heavy (non-hydrogen) atoms. The van der Waals surface area contributed by atoms with Crippen LogP contribution >= 0.6 is 0 Å². The molecule has 0 rings (SSSR count). The maximum atomic E-state index is 6.64. The van der Waals surface area contributed by atoms with Gasteiger partial charge in [-0.25, -0.2) is 0 Å². The minimum atomic E-state index is -2.92. The molecule has 0 aliphatic heterocycles. The zero-order valence-electron chi connectivity index (χ0n) is 16.3. The first-order valence-corrected chi connectivity index (χ1v) is 15.3. The Morgan fingerprint density at radius 1 is 0.909 bits per heavy atom. The molecule has 1 unspecified atom stereocenters. The molecular formula is C14H36O5Si3. The van der Waals surface area contributed by atoms with Crippen LogP contribution in [0.25, 0.3) is 0 Å². The van der Waals surface area contributed by atoms with Gasteiger partial charge >= 0.3 is 8.80 Å². The molecule has 0 aromatic rings. The number of rotatable bonds is 10. The van der Waals surface area contributed by atoms with Crippen molar-refractivity contribution in [2.24, 2.45) is 0 Å². The second-order valence-corrected chi connectivity index (χ2v) is 17.2. The van der Waals surface area contributed by atoms with Crippen molar-refractivity contribution in [3.8, 4) is 0 Å². The fraction of sp³-hybridized carbons (Fsp3) is 1.00. The Hall–Kier alpha value is 0.451. The lowest BCUT2D eigenvalue weighted by molar-refractivity contribution is 0.0114. The minimum absolute atomic E-state index is 0.236. The van der Waals surface area contributed by atoms with Crippen molar-refractivity contribution in [3.05, 3.63) is 0 Å². The van der Waals surface area contributed by atoms with Gasteiger partial charge in [0, 0.05) is 21.3 Å². The van der Waals surface area contributed by atoms with Crippen molar-refractivity contribution in [2.45, 2.75) is 70.8 Å². The molecule has 0 saturated carbocycles.